The molecule has 3 heteroatoms. The first-order valence-electron chi connectivity index (χ1n) is 5.98. The van der Waals surface area contributed by atoms with E-state index in [-0.39, 0.29) is 0 Å². The van der Waals surface area contributed by atoms with E-state index in [1.54, 1.807) is 0 Å². The van der Waals surface area contributed by atoms with Crippen LogP contribution in [-0.4, -0.2) is 16.5 Å². The molecule has 0 aliphatic carbocycles. The Kier molecular flexibility index (Phi) is 4.08. The molecule has 17 heavy (non-hydrogen) atoms. The number of nitrogens with zero attached hydrogens (tertiary/aromatic N) is 2. The van der Waals surface area contributed by atoms with Crippen LogP contribution < -0.4 is 5.32 Å². The summed E-state index contributed by atoms with van der Waals surface area (Å²) in [4.78, 5) is 8.74. The van der Waals surface area contributed by atoms with Gasteiger partial charge in [-0.2, -0.15) is 0 Å². The summed E-state index contributed by atoms with van der Waals surface area (Å²) in [6.07, 6.45) is 3.67. The van der Waals surface area contributed by atoms with Crippen LogP contribution in [0.5, 0.6) is 0 Å². The molecule has 0 spiro atoms. The van der Waals surface area contributed by atoms with Gasteiger partial charge >= 0.3 is 0 Å². The molecule has 1 N–H and O–H groups in total. The molecule has 0 saturated carbocycles. The summed E-state index contributed by atoms with van der Waals surface area (Å²) in [5.74, 6) is 1.80. The van der Waals surface area contributed by atoms with Crippen molar-refractivity contribution in [3.8, 4) is 0 Å². The van der Waals surface area contributed by atoms with Crippen LogP contribution in [-0.2, 0) is 12.8 Å². The van der Waals surface area contributed by atoms with Gasteiger partial charge in [-0.15, -0.1) is 0 Å². The quantitative estimate of drug-likeness (QED) is 0.853. The molecule has 0 radical (unpaired) electrons. The third-order valence-electron chi connectivity index (χ3n) is 2.54. The molecule has 1 aromatic heterocycles. The highest BCUT2D eigenvalue weighted by atomic mass is 15.0. The second-order valence-electron chi connectivity index (χ2n) is 3.87. The topological polar surface area (TPSA) is 37.8 Å². The molecule has 0 atom stereocenters. The molecule has 2 rings (SSSR count). The first-order valence-corrected chi connectivity index (χ1v) is 5.98. The van der Waals surface area contributed by atoms with Crippen molar-refractivity contribution in [2.75, 3.05) is 11.9 Å². The van der Waals surface area contributed by atoms with Crippen LogP contribution >= 0.6 is 0 Å². The van der Waals surface area contributed by atoms with Gasteiger partial charge in [-0.3, -0.25) is 0 Å². The van der Waals surface area contributed by atoms with E-state index in [4.69, 9.17) is 0 Å². The van der Waals surface area contributed by atoms with Crippen molar-refractivity contribution < 1.29 is 0 Å². The van der Waals surface area contributed by atoms with Crippen LogP contribution in [0.2, 0.25) is 0 Å². The van der Waals surface area contributed by atoms with E-state index in [0.717, 1.165) is 31.0 Å². The zero-order chi connectivity index (χ0) is 11.9. The monoisotopic (exact) mass is 227 g/mol. The molecule has 0 bridgehead atoms. The maximum atomic E-state index is 4.46. The number of hydrogen-bond acceptors (Lipinski definition) is 3. The van der Waals surface area contributed by atoms with Crippen LogP contribution in [0, 0.1) is 0 Å². The maximum Gasteiger partial charge on any atom is 0.130 e. The normalized spacial score (nSPS) is 10.2. The molecule has 2 aromatic rings. The SMILES string of the molecule is CCNc1ccnc(CCc2ccccc2)n1. The Hall–Kier alpha value is -1.90. The minimum atomic E-state index is 0.878. The minimum Gasteiger partial charge on any atom is -0.370 e. The Morgan fingerprint density at radius 1 is 1.06 bits per heavy atom. The van der Waals surface area contributed by atoms with Gasteiger partial charge in [0.2, 0.25) is 0 Å². The summed E-state index contributed by atoms with van der Waals surface area (Å²) >= 11 is 0. The Bertz CT molecular complexity index is 454. The van der Waals surface area contributed by atoms with Crippen molar-refractivity contribution in [3.05, 3.63) is 54.0 Å². The summed E-state index contributed by atoms with van der Waals surface area (Å²) in [6, 6.07) is 12.3. The number of anilines is 1. The lowest BCUT2D eigenvalue weighted by atomic mass is 10.1. The second-order valence-corrected chi connectivity index (χ2v) is 3.87. The van der Waals surface area contributed by atoms with Crippen LogP contribution in [0.3, 0.4) is 0 Å². The fraction of sp³-hybridized carbons (Fsp3) is 0.286. The molecule has 1 aromatic carbocycles. The zero-order valence-corrected chi connectivity index (χ0v) is 10.1. The standard InChI is InChI=1S/C14H17N3/c1-2-15-14-10-11-16-13(17-14)9-8-12-6-4-3-5-7-12/h3-7,10-11H,2,8-9H2,1H3,(H,15,16,17). The molecular formula is C14H17N3. The molecule has 1 heterocycles. The fourth-order valence-corrected chi connectivity index (χ4v) is 1.70. The average molecular weight is 227 g/mol. The highest BCUT2D eigenvalue weighted by Crippen LogP contribution is 2.06. The summed E-state index contributed by atoms with van der Waals surface area (Å²) in [7, 11) is 0. The van der Waals surface area contributed by atoms with E-state index in [1.807, 2.05) is 18.3 Å². The van der Waals surface area contributed by atoms with Gasteiger partial charge in [0.05, 0.1) is 0 Å². The molecule has 88 valence electrons. The van der Waals surface area contributed by atoms with Crippen molar-refractivity contribution in [1.29, 1.82) is 0 Å². The van der Waals surface area contributed by atoms with Crippen molar-refractivity contribution in [2.24, 2.45) is 0 Å². The first kappa shape index (κ1) is 11.6. The lowest BCUT2D eigenvalue weighted by molar-refractivity contribution is 0.857. The lowest BCUT2D eigenvalue weighted by Gasteiger charge is -2.04. The summed E-state index contributed by atoms with van der Waals surface area (Å²) in [6.45, 7) is 2.95. The largest absolute Gasteiger partial charge is 0.370 e. The third kappa shape index (κ3) is 3.55. The van der Waals surface area contributed by atoms with Crippen LogP contribution in [0.1, 0.15) is 18.3 Å². The fourth-order valence-electron chi connectivity index (χ4n) is 1.70. The number of aryl methyl sites for hydroxylation is 2. The number of benzene rings is 1. The van der Waals surface area contributed by atoms with E-state index in [2.05, 4.69) is 46.5 Å². The van der Waals surface area contributed by atoms with Gasteiger partial charge in [0, 0.05) is 19.2 Å². The van der Waals surface area contributed by atoms with Crippen molar-refractivity contribution >= 4 is 5.82 Å². The number of rotatable bonds is 5. The van der Waals surface area contributed by atoms with E-state index < -0.39 is 0 Å². The maximum absolute atomic E-state index is 4.46. The van der Waals surface area contributed by atoms with E-state index in [0.29, 0.717) is 0 Å². The first-order chi connectivity index (χ1) is 8.38. The van der Waals surface area contributed by atoms with E-state index >= 15 is 0 Å². The third-order valence-corrected chi connectivity index (χ3v) is 2.54. The Labute approximate surface area is 102 Å². The number of aromatic nitrogens is 2. The molecule has 0 unspecified atom stereocenters. The molecule has 0 saturated heterocycles. The van der Waals surface area contributed by atoms with Crippen LogP contribution in [0.4, 0.5) is 5.82 Å². The highest BCUT2D eigenvalue weighted by Gasteiger charge is 1.99. The Morgan fingerprint density at radius 2 is 1.88 bits per heavy atom. The summed E-state index contributed by atoms with van der Waals surface area (Å²) in [5, 5.41) is 3.19. The predicted octanol–water partition coefficient (Wildman–Crippen LogP) is 2.69. The summed E-state index contributed by atoms with van der Waals surface area (Å²) < 4.78 is 0. The van der Waals surface area contributed by atoms with Gasteiger partial charge in [0.15, 0.2) is 0 Å². The van der Waals surface area contributed by atoms with Crippen molar-refractivity contribution in [1.82, 2.24) is 9.97 Å². The number of hydrogen-bond donors (Lipinski definition) is 1. The van der Waals surface area contributed by atoms with Gasteiger partial charge in [0.25, 0.3) is 0 Å². The minimum absolute atomic E-state index is 0.878. The van der Waals surface area contributed by atoms with Gasteiger partial charge in [-0.1, -0.05) is 30.3 Å². The molecule has 0 fully saturated rings. The average Bonchev–Trinajstić information content (AvgIpc) is 2.39. The molecule has 0 aliphatic heterocycles. The molecule has 3 nitrogen and oxygen atoms in total. The van der Waals surface area contributed by atoms with Gasteiger partial charge in [0.1, 0.15) is 11.6 Å². The van der Waals surface area contributed by atoms with E-state index in [1.165, 1.54) is 5.56 Å². The van der Waals surface area contributed by atoms with Gasteiger partial charge in [-0.25, -0.2) is 9.97 Å². The van der Waals surface area contributed by atoms with E-state index in [9.17, 15) is 0 Å². The van der Waals surface area contributed by atoms with Gasteiger partial charge < -0.3 is 5.32 Å². The Balaban J connectivity index is 1.97. The summed E-state index contributed by atoms with van der Waals surface area (Å²) in [5.41, 5.74) is 1.32. The zero-order valence-electron chi connectivity index (χ0n) is 10.1. The van der Waals surface area contributed by atoms with Crippen LogP contribution in [0.25, 0.3) is 0 Å². The molecule has 0 amide bonds. The number of nitrogens with one attached hydrogen (secondary N) is 1. The van der Waals surface area contributed by atoms with Gasteiger partial charge in [-0.05, 0) is 25.0 Å². The second kappa shape index (κ2) is 5.99. The van der Waals surface area contributed by atoms with Crippen molar-refractivity contribution in [3.63, 3.8) is 0 Å². The van der Waals surface area contributed by atoms with Crippen LogP contribution in [0.15, 0.2) is 42.6 Å². The molecular weight excluding hydrogens is 210 g/mol. The smallest absolute Gasteiger partial charge is 0.130 e. The highest BCUT2D eigenvalue weighted by molar-refractivity contribution is 5.32. The predicted molar refractivity (Wildman–Crippen MR) is 70.0 cm³/mol. The van der Waals surface area contributed by atoms with Crippen molar-refractivity contribution in [2.45, 2.75) is 19.8 Å². The molecule has 0 aliphatic rings. The Morgan fingerprint density at radius 3 is 2.65 bits per heavy atom. The lowest BCUT2D eigenvalue weighted by Crippen LogP contribution is -2.03.